The van der Waals surface area contributed by atoms with Crippen molar-refractivity contribution >= 4 is 16.9 Å². The van der Waals surface area contributed by atoms with E-state index in [1.807, 2.05) is 12.1 Å². The molecule has 0 saturated carbocycles. The van der Waals surface area contributed by atoms with Crippen LogP contribution in [0.5, 0.6) is 0 Å². The molecule has 92 valence electrons. The lowest BCUT2D eigenvalue weighted by Crippen LogP contribution is -2.26. The maximum atomic E-state index is 12.1. The number of aliphatic carboxylic acids is 1. The summed E-state index contributed by atoms with van der Waals surface area (Å²) in [5.74, 6) is -0.839. The third-order valence-corrected chi connectivity index (χ3v) is 3.62. The number of nitrogens with zero attached hydrogens (tertiary/aromatic N) is 1. The molecule has 0 saturated heterocycles. The highest BCUT2D eigenvalue weighted by atomic mass is 16.4. The maximum absolute atomic E-state index is 12.1. The number of hydrogen-bond acceptors (Lipinski definition) is 2. The summed E-state index contributed by atoms with van der Waals surface area (Å²) in [7, 11) is 0. The first kappa shape index (κ1) is 11.0. The fraction of sp³-hybridized carbons (Fsp3) is 0.286. The van der Waals surface area contributed by atoms with Gasteiger partial charge in [0.1, 0.15) is 6.04 Å². The summed E-state index contributed by atoms with van der Waals surface area (Å²) in [4.78, 5) is 23.4. The summed E-state index contributed by atoms with van der Waals surface area (Å²) in [5.41, 5.74) is 2.43. The summed E-state index contributed by atoms with van der Waals surface area (Å²) in [5, 5.41) is 9.90. The first-order chi connectivity index (χ1) is 8.59. The molecule has 4 nitrogen and oxygen atoms in total. The number of aromatic nitrogens is 1. The van der Waals surface area contributed by atoms with Gasteiger partial charge in [-0.15, -0.1) is 0 Å². The quantitative estimate of drug-likeness (QED) is 0.832. The normalized spacial score (nSPS) is 17.9. The van der Waals surface area contributed by atoms with Crippen molar-refractivity contribution in [3.8, 4) is 0 Å². The second-order valence-electron chi connectivity index (χ2n) is 4.75. The number of pyridine rings is 1. The number of rotatable bonds is 1. The molecule has 1 unspecified atom stereocenters. The molecule has 1 aliphatic heterocycles. The van der Waals surface area contributed by atoms with E-state index in [0.29, 0.717) is 23.8 Å². The van der Waals surface area contributed by atoms with Gasteiger partial charge in [0.25, 0.3) is 0 Å². The Hall–Kier alpha value is -2.10. The number of carbonyl (C=O) groups is 1. The Labute approximate surface area is 103 Å². The second kappa shape index (κ2) is 3.70. The van der Waals surface area contributed by atoms with Crippen molar-refractivity contribution in [1.82, 2.24) is 4.57 Å². The Morgan fingerprint density at radius 3 is 2.94 bits per heavy atom. The smallest absolute Gasteiger partial charge is 0.326 e. The average molecular weight is 243 g/mol. The van der Waals surface area contributed by atoms with Crippen LogP contribution in [0.25, 0.3) is 10.9 Å². The van der Waals surface area contributed by atoms with Crippen LogP contribution in [0, 0.1) is 6.92 Å². The second-order valence-corrected chi connectivity index (χ2v) is 4.75. The van der Waals surface area contributed by atoms with Gasteiger partial charge < -0.3 is 9.67 Å². The van der Waals surface area contributed by atoms with Crippen LogP contribution in [-0.2, 0) is 11.2 Å². The highest BCUT2D eigenvalue weighted by Gasteiger charge is 2.26. The molecule has 18 heavy (non-hydrogen) atoms. The van der Waals surface area contributed by atoms with Crippen LogP contribution in [0.3, 0.4) is 0 Å². The lowest BCUT2D eigenvalue weighted by atomic mass is 9.95. The van der Waals surface area contributed by atoms with Crippen LogP contribution in [0.2, 0.25) is 0 Å². The Kier molecular flexibility index (Phi) is 2.26. The molecule has 1 N–H and O–H groups in total. The van der Waals surface area contributed by atoms with Crippen molar-refractivity contribution in [3.05, 3.63) is 45.7 Å². The van der Waals surface area contributed by atoms with Crippen LogP contribution in [0.4, 0.5) is 0 Å². The van der Waals surface area contributed by atoms with E-state index in [2.05, 4.69) is 0 Å². The van der Waals surface area contributed by atoms with Gasteiger partial charge in [0.05, 0.1) is 5.52 Å². The Bertz CT molecular complexity index is 715. The summed E-state index contributed by atoms with van der Waals surface area (Å²) >= 11 is 0. The number of benzene rings is 1. The molecule has 0 radical (unpaired) electrons. The van der Waals surface area contributed by atoms with Gasteiger partial charge >= 0.3 is 5.97 Å². The van der Waals surface area contributed by atoms with Crippen LogP contribution in [-0.4, -0.2) is 15.6 Å². The van der Waals surface area contributed by atoms with Crippen molar-refractivity contribution in [2.24, 2.45) is 0 Å². The van der Waals surface area contributed by atoms with E-state index in [9.17, 15) is 14.7 Å². The van der Waals surface area contributed by atoms with Gasteiger partial charge in [-0.25, -0.2) is 4.79 Å². The molecule has 1 aliphatic rings. The Morgan fingerprint density at radius 1 is 1.44 bits per heavy atom. The third-order valence-electron chi connectivity index (χ3n) is 3.62. The van der Waals surface area contributed by atoms with Gasteiger partial charge in [0.15, 0.2) is 5.43 Å². The number of carboxylic acids is 1. The summed E-state index contributed by atoms with van der Waals surface area (Å²) in [6.45, 7) is 1.73. The van der Waals surface area contributed by atoms with Crippen LogP contribution in [0.1, 0.15) is 23.6 Å². The molecular formula is C14H13NO3. The number of carboxylic acid groups (broad SMARTS) is 1. The van der Waals surface area contributed by atoms with Crippen LogP contribution in [0.15, 0.2) is 29.2 Å². The molecule has 0 amide bonds. The minimum atomic E-state index is -0.839. The maximum Gasteiger partial charge on any atom is 0.326 e. The first-order valence-corrected chi connectivity index (χ1v) is 5.96. The predicted octanol–water partition coefficient (Wildman–Crippen LogP) is 1.88. The molecule has 0 fully saturated rings. The predicted molar refractivity (Wildman–Crippen MR) is 67.9 cm³/mol. The van der Waals surface area contributed by atoms with Crippen molar-refractivity contribution in [2.45, 2.75) is 25.8 Å². The molecule has 3 rings (SSSR count). The molecule has 2 aromatic rings. The standard InChI is InChI=1S/C14H13NO3/c1-8-7-15-11(14(17)18)6-5-9-3-2-4-10(12(9)15)13(8)16/h2-4,7,11H,5-6H2,1H3,(H,17,18). The lowest BCUT2D eigenvalue weighted by molar-refractivity contribution is -0.141. The Balaban J connectivity index is 2.47. The van der Waals surface area contributed by atoms with Gasteiger partial charge in [0, 0.05) is 17.1 Å². The van der Waals surface area contributed by atoms with Gasteiger partial charge in [0.2, 0.25) is 0 Å². The summed E-state index contributed by atoms with van der Waals surface area (Å²) in [6, 6.07) is 5.03. The van der Waals surface area contributed by atoms with Gasteiger partial charge in [-0.2, -0.15) is 0 Å². The molecular weight excluding hydrogens is 230 g/mol. The van der Waals surface area contributed by atoms with Crippen molar-refractivity contribution < 1.29 is 9.90 Å². The van der Waals surface area contributed by atoms with E-state index < -0.39 is 12.0 Å². The molecule has 1 atom stereocenters. The van der Waals surface area contributed by atoms with Crippen molar-refractivity contribution in [3.63, 3.8) is 0 Å². The zero-order chi connectivity index (χ0) is 12.9. The zero-order valence-electron chi connectivity index (χ0n) is 10.0. The SMILES string of the molecule is Cc1cn2c3c(cccc3c1=O)CCC2C(=O)O. The number of hydrogen-bond donors (Lipinski definition) is 1. The van der Waals surface area contributed by atoms with Crippen molar-refractivity contribution in [2.75, 3.05) is 0 Å². The third kappa shape index (κ3) is 1.38. The minimum absolute atomic E-state index is 0.00543. The topological polar surface area (TPSA) is 59.3 Å². The Morgan fingerprint density at radius 2 is 2.22 bits per heavy atom. The van der Waals surface area contributed by atoms with E-state index in [-0.39, 0.29) is 5.43 Å². The van der Waals surface area contributed by atoms with Gasteiger partial charge in [-0.05, 0) is 31.4 Å². The number of para-hydroxylation sites is 1. The van der Waals surface area contributed by atoms with Gasteiger partial charge in [-0.1, -0.05) is 12.1 Å². The van der Waals surface area contributed by atoms with E-state index >= 15 is 0 Å². The molecule has 0 aliphatic carbocycles. The number of aryl methyl sites for hydroxylation is 2. The van der Waals surface area contributed by atoms with E-state index in [0.717, 1.165) is 11.1 Å². The molecule has 0 bridgehead atoms. The average Bonchev–Trinajstić information content (AvgIpc) is 2.35. The molecule has 1 aromatic carbocycles. The molecule has 4 heteroatoms. The molecule has 0 spiro atoms. The minimum Gasteiger partial charge on any atom is -0.480 e. The van der Waals surface area contributed by atoms with E-state index in [1.54, 1.807) is 23.8 Å². The largest absolute Gasteiger partial charge is 0.480 e. The highest BCUT2D eigenvalue weighted by Crippen LogP contribution is 2.29. The summed E-state index contributed by atoms with van der Waals surface area (Å²) in [6.07, 6.45) is 2.95. The fourth-order valence-electron chi connectivity index (χ4n) is 2.75. The lowest BCUT2D eigenvalue weighted by Gasteiger charge is -2.26. The molecule has 1 aromatic heterocycles. The fourth-order valence-corrected chi connectivity index (χ4v) is 2.75. The highest BCUT2D eigenvalue weighted by molar-refractivity contribution is 5.86. The summed E-state index contributed by atoms with van der Waals surface area (Å²) < 4.78 is 1.74. The van der Waals surface area contributed by atoms with E-state index in [1.165, 1.54) is 0 Å². The van der Waals surface area contributed by atoms with Crippen LogP contribution >= 0.6 is 0 Å². The van der Waals surface area contributed by atoms with Crippen LogP contribution < -0.4 is 5.43 Å². The van der Waals surface area contributed by atoms with Crippen molar-refractivity contribution in [1.29, 1.82) is 0 Å². The molecule has 2 heterocycles. The first-order valence-electron chi connectivity index (χ1n) is 5.96. The van der Waals surface area contributed by atoms with Gasteiger partial charge in [-0.3, -0.25) is 4.79 Å². The van der Waals surface area contributed by atoms with E-state index in [4.69, 9.17) is 0 Å². The zero-order valence-corrected chi connectivity index (χ0v) is 10.0. The monoisotopic (exact) mass is 243 g/mol.